The van der Waals surface area contributed by atoms with Crippen LogP contribution < -0.4 is 16.0 Å². The smallest absolute Gasteiger partial charge is 0.410 e. The fourth-order valence-electron chi connectivity index (χ4n) is 10.4. The largest absolute Gasteiger partial charge is 0.444 e. The number of halogens is 1. The molecule has 21 heteroatoms. The second-order valence-corrected chi connectivity index (χ2v) is 28.6. The van der Waals surface area contributed by atoms with Gasteiger partial charge in [-0.2, -0.15) is 0 Å². The minimum absolute atomic E-state index is 0. The van der Waals surface area contributed by atoms with Crippen LogP contribution in [0.15, 0.2) is 60.7 Å². The number of aliphatic hydroxyl groups excluding tert-OH is 2. The van der Waals surface area contributed by atoms with E-state index < -0.39 is 77.2 Å². The molecule has 4 aliphatic heterocycles. The third kappa shape index (κ3) is 20.8. The van der Waals surface area contributed by atoms with Crippen LogP contribution in [0.5, 0.6) is 0 Å². The SMILES string of the molecule is CCCC(CC(=O)[C@@H]1CC2(CN1)SCCCS2)C(O)C(=O)CCC(=O)N[C@H](C(C)=O)c1ccccc1.CCCC(CC(=O)[C@@H]1CC2(CN1C(=O)OC(C)(C)C)SCCCS2)C(O)C(=O)CCC(=O)N[C@H](C(C)=O)c1ccccc1.Cl. The Morgan fingerprint density at radius 3 is 1.49 bits per heavy atom. The lowest BCUT2D eigenvalue weighted by molar-refractivity contribution is -0.135. The second-order valence-electron chi connectivity index (χ2n) is 22.2. The average molecular weight is 1210 g/mol. The van der Waals surface area contributed by atoms with Crippen molar-refractivity contribution in [3.8, 4) is 0 Å². The zero-order chi connectivity index (χ0) is 57.9. The summed E-state index contributed by atoms with van der Waals surface area (Å²) >= 11 is 7.44. The Hall–Kier alpha value is -3.76. The molecule has 0 aromatic heterocycles. The molecular formula is C59H85ClN4O12S4. The van der Waals surface area contributed by atoms with E-state index in [-0.39, 0.29) is 88.3 Å². The molecule has 8 atom stereocenters. The Kier molecular flexibility index (Phi) is 28.3. The first kappa shape index (κ1) is 68.7. The number of ketones is 6. The van der Waals surface area contributed by atoms with Crippen molar-refractivity contribution in [2.75, 3.05) is 36.1 Å². The number of carbonyl (C=O) groups is 9. The van der Waals surface area contributed by atoms with Gasteiger partial charge in [-0.3, -0.25) is 43.3 Å². The molecule has 5 N–H and O–H groups in total. The van der Waals surface area contributed by atoms with E-state index in [0.717, 1.165) is 48.8 Å². The van der Waals surface area contributed by atoms with Crippen LogP contribution >= 0.6 is 59.5 Å². The number of hydrogen-bond acceptors (Lipinski definition) is 17. The molecule has 3 amide bonds. The van der Waals surface area contributed by atoms with Gasteiger partial charge in [-0.15, -0.1) is 59.5 Å². The van der Waals surface area contributed by atoms with Crippen LogP contribution in [0.2, 0.25) is 0 Å². The van der Waals surface area contributed by atoms with Crippen LogP contribution in [-0.4, -0.2) is 142 Å². The summed E-state index contributed by atoms with van der Waals surface area (Å²) in [4.78, 5) is 117. The topological polar surface area (TPSA) is 243 Å². The summed E-state index contributed by atoms with van der Waals surface area (Å²) in [6.45, 7) is 13.3. The number of hydrogen-bond donors (Lipinski definition) is 5. The van der Waals surface area contributed by atoms with Crippen molar-refractivity contribution in [3.63, 3.8) is 0 Å². The molecule has 0 bridgehead atoms. The van der Waals surface area contributed by atoms with Crippen molar-refractivity contribution >= 4 is 112 Å². The summed E-state index contributed by atoms with van der Waals surface area (Å²) in [6.07, 6.45) is 2.15. The molecule has 0 saturated carbocycles. The molecule has 16 nitrogen and oxygen atoms in total. The van der Waals surface area contributed by atoms with Crippen LogP contribution in [0, 0.1) is 11.8 Å². The molecule has 2 aromatic carbocycles. The quantitative estimate of drug-likeness (QED) is 0.0590. The van der Waals surface area contributed by atoms with Gasteiger partial charge in [0.15, 0.2) is 28.9 Å². The normalized spacial score (nSPS) is 20.5. The molecule has 2 spiro atoms. The monoisotopic (exact) mass is 1200 g/mol. The number of rotatable bonds is 26. The molecule has 2 aromatic rings. The molecule has 4 saturated heterocycles. The predicted molar refractivity (Wildman–Crippen MR) is 322 cm³/mol. The van der Waals surface area contributed by atoms with Crippen LogP contribution in [0.4, 0.5) is 4.79 Å². The Bertz CT molecular complexity index is 2400. The van der Waals surface area contributed by atoms with E-state index in [1.807, 2.05) is 49.5 Å². The molecule has 6 rings (SSSR count). The highest BCUT2D eigenvalue weighted by Crippen LogP contribution is 2.51. The van der Waals surface area contributed by atoms with Crippen molar-refractivity contribution in [1.29, 1.82) is 0 Å². The summed E-state index contributed by atoms with van der Waals surface area (Å²) in [5.74, 6) is 0.645. The van der Waals surface area contributed by atoms with Gasteiger partial charge in [-0.1, -0.05) is 87.4 Å². The number of nitrogens with zero attached hydrogens (tertiary/aromatic N) is 1. The van der Waals surface area contributed by atoms with Gasteiger partial charge in [0.25, 0.3) is 0 Å². The third-order valence-corrected chi connectivity index (χ3v) is 21.2. The standard InChI is InChI=1S/C32H46N2O7S2.C27H38N2O5S2.ClH/c1-6-11-23(29(39)25(36)14-15-27(38)33-28(21(2)35)22-12-8-7-9-13-22)18-26(37)24-19-32(42-16-10-17-43-32)20-34(24)30(40)41-31(3,4)5;1-3-8-20(15-23(32)21-16-27(17-28-21)35-13-7-14-36-27)26(34)22(31)11-12-24(33)29-25(18(2)30)19-9-5-4-6-10-19;/h7-9,12-13,23-24,28-29,39H,6,10-11,14-20H2,1-5H3,(H,33,38);4-6,9-10,20-21,25-26,28,34H,3,7-8,11-17H2,1-2H3,(H,29,33);1H/t23?,24-,28+,29?;20?,21-,25+,26?;/m00./s1. The van der Waals surface area contributed by atoms with Crippen molar-refractivity contribution in [2.24, 2.45) is 11.8 Å². The molecule has 0 radical (unpaired) electrons. The number of carbonyl (C=O) groups excluding carboxylic acids is 9. The maximum Gasteiger partial charge on any atom is 0.410 e. The fourth-order valence-corrected chi connectivity index (χ4v) is 17.1. The van der Waals surface area contributed by atoms with E-state index >= 15 is 0 Å². The highest BCUT2D eigenvalue weighted by Gasteiger charge is 2.52. The first-order valence-corrected chi connectivity index (χ1v) is 31.9. The van der Waals surface area contributed by atoms with Crippen LogP contribution in [0.3, 0.4) is 0 Å². The van der Waals surface area contributed by atoms with Crippen LogP contribution in [0.25, 0.3) is 0 Å². The number of nitrogens with one attached hydrogen (secondary N) is 3. The van der Waals surface area contributed by atoms with Gasteiger partial charge in [0.2, 0.25) is 11.8 Å². The second kappa shape index (κ2) is 32.9. The maximum atomic E-state index is 13.8. The first-order valence-electron chi connectivity index (χ1n) is 27.9. The summed E-state index contributed by atoms with van der Waals surface area (Å²) < 4.78 is 5.45. The molecular weight excluding hydrogens is 1120 g/mol. The minimum atomic E-state index is -1.42. The van der Waals surface area contributed by atoms with Crippen molar-refractivity contribution < 1.29 is 58.1 Å². The fraction of sp³-hybridized carbons (Fsp3) is 0.644. The number of amides is 3. The maximum absolute atomic E-state index is 13.8. The van der Waals surface area contributed by atoms with E-state index in [1.54, 1.807) is 97.7 Å². The minimum Gasteiger partial charge on any atom is -0.444 e. The van der Waals surface area contributed by atoms with Gasteiger partial charge in [-0.05, 0) is 113 Å². The van der Waals surface area contributed by atoms with E-state index in [0.29, 0.717) is 43.4 Å². The van der Waals surface area contributed by atoms with Gasteiger partial charge in [0, 0.05) is 58.0 Å². The molecule has 80 heavy (non-hydrogen) atoms. The first-order chi connectivity index (χ1) is 37.5. The molecule has 0 aliphatic carbocycles. The number of benzene rings is 2. The van der Waals surface area contributed by atoms with Gasteiger partial charge >= 0.3 is 6.09 Å². The number of thioether (sulfide) groups is 4. The van der Waals surface area contributed by atoms with Crippen molar-refractivity contribution in [2.45, 2.75) is 188 Å². The Labute approximate surface area is 496 Å². The lowest BCUT2D eigenvalue weighted by Crippen LogP contribution is -2.45. The molecule has 4 fully saturated rings. The highest BCUT2D eigenvalue weighted by molar-refractivity contribution is 8.19. The van der Waals surface area contributed by atoms with Gasteiger partial charge < -0.3 is 30.9 Å². The predicted octanol–water partition coefficient (Wildman–Crippen LogP) is 8.96. The van der Waals surface area contributed by atoms with Gasteiger partial charge in [0.1, 0.15) is 35.7 Å². The zero-order valence-corrected chi connectivity index (χ0v) is 51.6. The number of Topliss-reactive ketones (excluding diaryl/α,β-unsaturated/α-hetero) is 6. The van der Waals surface area contributed by atoms with E-state index in [1.165, 1.54) is 20.3 Å². The summed E-state index contributed by atoms with van der Waals surface area (Å²) in [7, 11) is 0. The average Bonchev–Trinajstić information content (AvgIpc) is 4.01. The van der Waals surface area contributed by atoms with E-state index in [4.69, 9.17) is 4.74 Å². The molecule has 4 unspecified atom stereocenters. The third-order valence-electron chi connectivity index (χ3n) is 14.5. The lowest BCUT2D eigenvalue weighted by Gasteiger charge is -2.32. The molecule has 444 valence electrons. The Morgan fingerprint density at radius 1 is 0.650 bits per heavy atom. The van der Waals surface area contributed by atoms with Crippen LogP contribution in [0.1, 0.15) is 162 Å². The number of aliphatic hydroxyl groups is 2. The van der Waals surface area contributed by atoms with Gasteiger partial charge in [-0.25, -0.2) is 4.79 Å². The highest BCUT2D eigenvalue weighted by atomic mass is 35.5. The number of ether oxygens (including phenoxy) is 1. The van der Waals surface area contributed by atoms with Gasteiger partial charge in [0.05, 0.1) is 20.2 Å². The number of likely N-dealkylation sites (tertiary alicyclic amines) is 1. The summed E-state index contributed by atoms with van der Waals surface area (Å²) in [5.41, 5.74) is 0.618. The summed E-state index contributed by atoms with van der Waals surface area (Å²) in [5, 5.41) is 30.6. The van der Waals surface area contributed by atoms with E-state index in [2.05, 4.69) is 16.0 Å². The zero-order valence-electron chi connectivity index (χ0n) is 47.5. The molecule has 4 aliphatic rings. The Morgan fingerprint density at radius 2 is 1.07 bits per heavy atom. The van der Waals surface area contributed by atoms with Crippen molar-refractivity contribution in [1.82, 2.24) is 20.9 Å². The Balaban J connectivity index is 0.000000345. The van der Waals surface area contributed by atoms with E-state index in [9.17, 15) is 53.4 Å². The molecule has 4 heterocycles. The lowest BCUT2D eigenvalue weighted by atomic mass is 9.86. The van der Waals surface area contributed by atoms with Crippen molar-refractivity contribution in [3.05, 3.63) is 71.8 Å². The summed E-state index contributed by atoms with van der Waals surface area (Å²) in [6, 6.07) is 15.3. The van der Waals surface area contributed by atoms with Crippen LogP contribution in [-0.2, 0) is 43.1 Å².